The van der Waals surface area contributed by atoms with Crippen molar-refractivity contribution in [3.05, 3.63) is 30.1 Å². The Bertz CT molecular complexity index is 758. The molecule has 0 bridgehead atoms. The van der Waals surface area contributed by atoms with E-state index in [4.69, 9.17) is 24.1 Å². The minimum atomic E-state index is -5.08. The lowest BCUT2D eigenvalue weighted by Gasteiger charge is -2.39. The molecule has 1 saturated carbocycles. The fourth-order valence-corrected chi connectivity index (χ4v) is 4.16. The van der Waals surface area contributed by atoms with Crippen molar-refractivity contribution in [2.24, 2.45) is 5.92 Å². The van der Waals surface area contributed by atoms with Gasteiger partial charge in [0.1, 0.15) is 11.8 Å². The smallest absolute Gasteiger partial charge is 0.475 e. The highest BCUT2D eigenvalue weighted by atomic mass is 19.4. The molecule has 3 atom stereocenters. The highest BCUT2D eigenvalue weighted by molar-refractivity contribution is 5.92. The standard InChI is InChI=1S/C19H26N2O4.C2HF3O2/c22-19(15-3-1-2-8-20-15)21-9-12-24-18-16(21)4-5-17(18)25-13-14-6-10-23-11-7-14;3-2(4,5)1(6)7/h1-3,8,14,16-18H,4-7,9-13H2;(H,6,7)/t16-,17+,18+;/m0./s1. The van der Waals surface area contributed by atoms with E-state index in [-0.39, 0.29) is 24.2 Å². The molecular formula is C21H27F3N2O6. The van der Waals surface area contributed by atoms with E-state index in [9.17, 15) is 18.0 Å². The van der Waals surface area contributed by atoms with Crippen molar-refractivity contribution in [3.63, 3.8) is 0 Å². The van der Waals surface area contributed by atoms with Gasteiger partial charge in [-0.15, -0.1) is 0 Å². The fourth-order valence-electron chi connectivity index (χ4n) is 4.16. The number of halogens is 3. The van der Waals surface area contributed by atoms with Gasteiger partial charge in [-0.2, -0.15) is 13.2 Å². The quantitative estimate of drug-likeness (QED) is 0.737. The average molecular weight is 460 g/mol. The van der Waals surface area contributed by atoms with Gasteiger partial charge >= 0.3 is 12.1 Å². The van der Waals surface area contributed by atoms with Crippen LogP contribution in [0.25, 0.3) is 0 Å². The number of hydrogen-bond acceptors (Lipinski definition) is 6. The lowest BCUT2D eigenvalue weighted by atomic mass is 10.0. The maximum Gasteiger partial charge on any atom is 0.490 e. The fraction of sp³-hybridized carbons (Fsp3) is 0.667. The first-order valence-electron chi connectivity index (χ1n) is 10.6. The largest absolute Gasteiger partial charge is 0.490 e. The first kappa shape index (κ1) is 24.4. The topological polar surface area (TPSA) is 98.2 Å². The second kappa shape index (κ2) is 11.1. The Kier molecular flexibility index (Phi) is 8.44. The van der Waals surface area contributed by atoms with Crippen LogP contribution in [0.2, 0.25) is 0 Å². The summed E-state index contributed by atoms with van der Waals surface area (Å²) in [4.78, 5) is 27.9. The molecule has 4 rings (SSSR count). The van der Waals surface area contributed by atoms with Crippen LogP contribution in [0, 0.1) is 5.92 Å². The Labute approximate surface area is 183 Å². The minimum absolute atomic E-state index is 0.00368. The average Bonchev–Trinajstić information content (AvgIpc) is 3.21. The van der Waals surface area contributed by atoms with Crippen molar-refractivity contribution in [1.29, 1.82) is 0 Å². The number of carbonyl (C=O) groups excluding carboxylic acids is 1. The number of aromatic nitrogens is 1. The molecule has 8 nitrogen and oxygen atoms in total. The summed E-state index contributed by atoms with van der Waals surface area (Å²) in [6, 6.07) is 5.56. The number of amides is 1. The molecule has 178 valence electrons. The first-order chi connectivity index (χ1) is 15.3. The van der Waals surface area contributed by atoms with Crippen LogP contribution in [0.4, 0.5) is 13.2 Å². The first-order valence-corrected chi connectivity index (χ1v) is 10.6. The minimum Gasteiger partial charge on any atom is -0.475 e. The van der Waals surface area contributed by atoms with E-state index >= 15 is 0 Å². The molecule has 3 aliphatic rings. The van der Waals surface area contributed by atoms with Crippen molar-refractivity contribution in [3.8, 4) is 0 Å². The van der Waals surface area contributed by atoms with Gasteiger partial charge < -0.3 is 24.2 Å². The summed E-state index contributed by atoms with van der Waals surface area (Å²) in [5.41, 5.74) is 0.509. The number of rotatable bonds is 4. The molecule has 2 saturated heterocycles. The van der Waals surface area contributed by atoms with Gasteiger partial charge in [-0.05, 0) is 43.7 Å². The number of pyridine rings is 1. The van der Waals surface area contributed by atoms with Crippen molar-refractivity contribution >= 4 is 11.9 Å². The number of carboxylic acids is 1. The number of carbonyl (C=O) groups is 2. The van der Waals surface area contributed by atoms with E-state index in [0.717, 1.165) is 45.5 Å². The Hall–Kier alpha value is -2.24. The maximum atomic E-state index is 12.8. The van der Waals surface area contributed by atoms with Gasteiger partial charge in [0.2, 0.25) is 0 Å². The lowest BCUT2D eigenvalue weighted by Crippen LogP contribution is -2.54. The summed E-state index contributed by atoms with van der Waals surface area (Å²) in [6.45, 7) is 3.65. The number of carboxylic acid groups (broad SMARTS) is 1. The zero-order chi connectivity index (χ0) is 23.1. The molecule has 2 aliphatic heterocycles. The van der Waals surface area contributed by atoms with Gasteiger partial charge in [0.15, 0.2) is 0 Å². The molecule has 32 heavy (non-hydrogen) atoms. The Balaban J connectivity index is 0.000000360. The molecule has 3 fully saturated rings. The number of morpholine rings is 1. The van der Waals surface area contributed by atoms with Gasteiger partial charge in [0.25, 0.3) is 5.91 Å². The zero-order valence-electron chi connectivity index (χ0n) is 17.5. The molecule has 1 aromatic rings. The lowest BCUT2D eigenvalue weighted by molar-refractivity contribution is -0.192. The van der Waals surface area contributed by atoms with Crippen molar-refractivity contribution in [2.75, 3.05) is 33.0 Å². The predicted molar refractivity (Wildman–Crippen MR) is 105 cm³/mol. The summed E-state index contributed by atoms with van der Waals surface area (Å²) in [7, 11) is 0. The molecule has 1 N–H and O–H groups in total. The van der Waals surface area contributed by atoms with Crippen molar-refractivity contribution in [1.82, 2.24) is 9.88 Å². The monoisotopic (exact) mass is 460 g/mol. The van der Waals surface area contributed by atoms with Crippen LogP contribution in [0.5, 0.6) is 0 Å². The Morgan fingerprint density at radius 1 is 1.16 bits per heavy atom. The molecule has 0 aromatic carbocycles. The zero-order valence-corrected chi connectivity index (χ0v) is 17.5. The van der Waals surface area contributed by atoms with Gasteiger partial charge in [-0.25, -0.2) is 4.79 Å². The van der Waals surface area contributed by atoms with Crippen LogP contribution < -0.4 is 0 Å². The van der Waals surface area contributed by atoms with Crippen molar-refractivity contribution < 1.29 is 42.1 Å². The van der Waals surface area contributed by atoms with E-state index in [1.807, 2.05) is 17.0 Å². The SMILES string of the molecule is O=C(O)C(F)(F)F.O=C(c1ccccn1)N1CCO[C@H]2[C@H](OCC3CCOCC3)CC[C@@H]21. The summed E-state index contributed by atoms with van der Waals surface area (Å²) < 4.78 is 49.4. The van der Waals surface area contributed by atoms with Crippen LogP contribution in [0.15, 0.2) is 24.4 Å². The van der Waals surface area contributed by atoms with E-state index < -0.39 is 12.1 Å². The number of hydrogen-bond donors (Lipinski definition) is 1. The number of fused-ring (bicyclic) bond motifs is 1. The predicted octanol–water partition coefficient (Wildman–Crippen LogP) is 2.53. The molecule has 1 aromatic heterocycles. The Morgan fingerprint density at radius 3 is 2.50 bits per heavy atom. The van der Waals surface area contributed by atoms with Crippen LogP contribution in [0.3, 0.4) is 0 Å². The van der Waals surface area contributed by atoms with Gasteiger partial charge in [-0.1, -0.05) is 6.07 Å². The summed E-state index contributed by atoms with van der Waals surface area (Å²) in [5, 5.41) is 7.12. The number of aliphatic carboxylic acids is 1. The van der Waals surface area contributed by atoms with Crippen LogP contribution >= 0.6 is 0 Å². The number of ether oxygens (including phenoxy) is 3. The Morgan fingerprint density at radius 2 is 1.88 bits per heavy atom. The molecule has 1 aliphatic carbocycles. The molecule has 1 amide bonds. The van der Waals surface area contributed by atoms with Gasteiger partial charge in [0.05, 0.1) is 25.4 Å². The highest BCUT2D eigenvalue weighted by Crippen LogP contribution is 2.33. The third kappa shape index (κ3) is 6.39. The number of alkyl halides is 3. The van der Waals surface area contributed by atoms with Crippen LogP contribution in [-0.2, 0) is 19.0 Å². The molecule has 0 radical (unpaired) electrons. The molecule has 11 heteroatoms. The van der Waals surface area contributed by atoms with E-state index in [1.54, 1.807) is 12.3 Å². The van der Waals surface area contributed by atoms with Crippen LogP contribution in [0.1, 0.15) is 36.2 Å². The highest BCUT2D eigenvalue weighted by Gasteiger charge is 2.45. The molecule has 3 heterocycles. The van der Waals surface area contributed by atoms with Crippen molar-refractivity contribution in [2.45, 2.75) is 50.1 Å². The second-order valence-electron chi connectivity index (χ2n) is 7.92. The molecular weight excluding hydrogens is 433 g/mol. The third-order valence-corrected chi connectivity index (χ3v) is 5.81. The van der Waals surface area contributed by atoms with E-state index in [2.05, 4.69) is 4.98 Å². The van der Waals surface area contributed by atoms with Gasteiger partial charge in [0, 0.05) is 26.0 Å². The molecule has 0 unspecified atom stereocenters. The molecule has 0 spiro atoms. The third-order valence-electron chi connectivity index (χ3n) is 5.81. The normalized spacial score (nSPS) is 26.1. The summed E-state index contributed by atoms with van der Waals surface area (Å²) >= 11 is 0. The van der Waals surface area contributed by atoms with E-state index in [0.29, 0.717) is 24.8 Å². The summed E-state index contributed by atoms with van der Waals surface area (Å²) in [6.07, 6.45) is 0.692. The van der Waals surface area contributed by atoms with E-state index in [1.165, 1.54) is 0 Å². The van der Waals surface area contributed by atoms with Gasteiger partial charge in [-0.3, -0.25) is 9.78 Å². The van der Waals surface area contributed by atoms with Crippen LogP contribution in [-0.4, -0.2) is 84.3 Å². The summed E-state index contributed by atoms with van der Waals surface area (Å²) in [5.74, 6) is -2.17. The second-order valence-corrected chi connectivity index (χ2v) is 7.92. The maximum absolute atomic E-state index is 12.8. The number of nitrogens with zero attached hydrogens (tertiary/aromatic N) is 2.